The maximum Gasteiger partial charge on any atom is 0.270 e. The van der Waals surface area contributed by atoms with Crippen LogP contribution in [0, 0.1) is 5.82 Å². The van der Waals surface area contributed by atoms with E-state index in [0.29, 0.717) is 46.5 Å². The monoisotopic (exact) mass is 597 g/mol. The number of nitrogens with zero attached hydrogens (tertiary/aromatic N) is 1. The molecular weight excluding hydrogens is 584 g/mol. The number of ether oxygens (including phenoxy) is 2. The molecule has 1 aliphatic rings. The van der Waals surface area contributed by atoms with Crippen molar-refractivity contribution in [1.82, 2.24) is 0 Å². The van der Waals surface area contributed by atoms with Crippen LogP contribution in [0.15, 0.2) is 64.0 Å². The molecule has 0 aromatic heterocycles. The molecule has 0 atom stereocenters. The van der Waals surface area contributed by atoms with Crippen LogP contribution < -0.4 is 14.4 Å². The van der Waals surface area contributed by atoms with E-state index >= 15 is 0 Å². The predicted octanol–water partition coefficient (Wildman–Crippen LogP) is 7.89. The first-order chi connectivity index (χ1) is 16.3. The van der Waals surface area contributed by atoms with Gasteiger partial charge in [0.1, 0.15) is 12.4 Å². The van der Waals surface area contributed by atoms with Crippen molar-refractivity contribution < 1.29 is 18.7 Å². The number of amides is 1. The first-order valence-corrected chi connectivity index (χ1v) is 12.5. The van der Waals surface area contributed by atoms with Gasteiger partial charge in [-0.25, -0.2) is 4.39 Å². The van der Waals surface area contributed by atoms with Gasteiger partial charge >= 0.3 is 0 Å². The lowest BCUT2D eigenvalue weighted by Crippen LogP contribution is -2.27. The van der Waals surface area contributed by atoms with Crippen LogP contribution in [-0.4, -0.2) is 17.3 Å². The van der Waals surface area contributed by atoms with Gasteiger partial charge in [-0.2, -0.15) is 0 Å². The number of methoxy groups -OCH3 is 1. The van der Waals surface area contributed by atoms with Crippen LogP contribution in [0.1, 0.15) is 11.1 Å². The van der Waals surface area contributed by atoms with E-state index < -0.39 is 5.82 Å². The zero-order chi connectivity index (χ0) is 24.4. The molecule has 1 fully saturated rings. The fourth-order valence-corrected chi connectivity index (χ4v) is 5.54. The van der Waals surface area contributed by atoms with Crippen molar-refractivity contribution in [3.8, 4) is 11.5 Å². The molecule has 1 saturated heterocycles. The Morgan fingerprint density at radius 1 is 1.18 bits per heavy atom. The van der Waals surface area contributed by atoms with Crippen molar-refractivity contribution in [2.45, 2.75) is 6.61 Å². The van der Waals surface area contributed by atoms with E-state index in [2.05, 4.69) is 15.9 Å². The zero-order valence-corrected chi connectivity index (χ0v) is 22.2. The summed E-state index contributed by atoms with van der Waals surface area (Å²) in [6.45, 7) is 0.205. The Morgan fingerprint density at radius 3 is 2.68 bits per heavy atom. The third-order valence-electron chi connectivity index (χ3n) is 4.80. The van der Waals surface area contributed by atoms with E-state index in [0.717, 1.165) is 17.3 Å². The Labute approximate surface area is 223 Å². The SMILES string of the molecule is COc1cc(/C=C2\SC(=S)N(c3cccc(F)c3)C2=O)cc(Br)c1OCc1ccc(Cl)cc1Cl. The Bertz CT molecular complexity index is 1340. The summed E-state index contributed by atoms with van der Waals surface area (Å²) in [6.07, 6.45) is 1.70. The third-order valence-corrected chi connectivity index (χ3v) is 7.27. The first kappa shape index (κ1) is 25.0. The number of anilines is 1. The van der Waals surface area contributed by atoms with Crippen molar-refractivity contribution in [2.75, 3.05) is 12.0 Å². The number of thiocarbonyl (C=S) groups is 1. The largest absolute Gasteiger partial charge is 0.493 e. The summed E-state index contributed by atoms with van der Waals surface area (Å²) < 4.78 is 26.1. The molecule has 174 valence electrons. The summed E-state index contributed by atoms with van der Waals surface area (Å²) >= 11 is 22.2. The first-order valence-electron chi connectivity index (χ1n) is 9.74. The normalized spacial score (nSPS) is 14.7. The van der Waals surface area contributed by atoms with E-state index in [1.54, 1.807) is 42.5 Å². The molecule has 0 unspecified atom stereocenters. The molecule has 10 heteroatoms. The average Bonchev–Trinajstić information content (AvgIpc) is 3.06. The fourth-order valence-electron chi connectivity index (χ4n) is 3.21. The number of thioether (sulfide) groups is 1. The van der Waals surface area contributed by atoms with Gasteiger partial charge in [0.05, 0.1) is 22.2 Å². The lowest BCUT2D eigenvalue weighted by molar-refractivity contribution is -0.113. The van der Waals surface area contributed by atoms with E-state index in [1.165, 1.54) is 30.2 Å². The predicted molar refractivity (Wildman–Crippen MR) is 144 cm³/mol. The lowest BCUT2D eigenvalue weighted by atomic mass is 10.1. The van der Waals surface area contributed by atoms with E-state index in [-0.39, 0.29) is 12.5 Å². The molecule has 34 heavy (non-hydrogen) atoms. The molecule has 3 aromatic carbocycles. The Hall–Kier alpha value is -2.10. The van der Waals surface area contributed by atoms with Crippen molar-refractivity contribution >= 4 is 85.1 Å². The highest BCUT2D eigenvalue weighted by Crippen LogP contribution is 2.40. The van der Waals surface area contributed by atoms with Gasteiger partial charge in [-0.1, -0.05) is 59.3 Å². The minimum absolute atomic E-state index is 0.205. The highest BCUT2D eigenvalue weighted by atomic mass is 79.9. The second-order valence-electron chi connectivity index (χ2n) is 7.06. The third kappa shape index (κ3) is 5.42. The number of hydrogen-bond acceptors (Lipinski definition) is 5. The molecule has 0 N–H and O–H groups in total. The number of rotatable bonds is 6. The van der Waals surface area contributed by atoms with E-state index in [1.807, 2.05) is 0 Å². The summed E-state index contributed by atoms with van der Waals surface area (Å²) in [5.41, 5.74) is 1.85. The molecular formula is C24H15BrCl2FNO3S2. The Balaban J connectivity index is 1.59. The molecule has 0 radical (unpaired) electrons. The maximum atomic E-state index is 13.6. The second kappa shape index (κ2) is 10.7. The molecule has 1 heterocycles. The van der Waals surface area contributed by atoms with Gasteiger partial charge in [0, 0.05) is 15.6 Å². The summed E-state index contributed by atoms with van der Waals surface area (Å²) in [5.74, 6) is 0.178. The van der Waals surface area contributed by atoms with Gasteiger partial charge < -0.3 is 9.47 Å². The van der Waals surface area contributed by atoms with Crippen LogP contribution in [0.3, 0.4) is 0 Å². The van der Waals surface area contributed by atoms with Crippen LogP contribution in [0.2, 0.25) is 10.0 Å². The highest BCUT2D eigenvalue weighted by Gasteiger charge is 2.33. The van der Waals surface area contributed by atoms with Gasteiger partial charge in [-0.3, -0.25) is 9.69 Å². The van der Waals surface area contributed by atoms with Crippen molar-refractivity contribution in [3.05, 3.63) is 91.0 Å². The summed E-state index contributed by atoms with van der Waals surface area (Å²) in [6, 6.07) is 14.5. The standard InChI is InChI=1S/C24H15BrCl2FNO3S2/c1-31-20-8-13(7-18(25)22(20)32-12-14-5-6-15(26)10-19(14)27)9-21-23(30)29(24(33)34-21)17-4-2-3-16(28)11-17/h2-11H,12H2,1H3/b21-9-. The van der Waals surface area contributed by atoms with Gasteiger partial charge in [0.15, 0.2) is 15.8 Å². The molecule has 1 aliphatic heterocycles. The molecule has 0 spiro atoms. The lowest BCUT2D eigenvalue weighted by Gasteiger charge is -2.15. The van der Waals surface area contributed by atoms with Crippen molar-refractivity contribution in [1.29, 1.82) is 0 Å². The minimum Gasteiger partial charge on any atom is -0.493 e. The zero-order valence-electron chi connectivity index (χ0n) is 17.5. The number of carbonyl (C=O) groups is 1. The van der Waals surface area contributed by atoms with Crippen LogP contribution in [-0.2, 0) is 11.4 Å². The summed E-state index contributed by atoms with van der Waals surface area (Å²) in [7, 11) is 1.52. The molecule has 4 rings (SSSR count). The number of benzene rings is 3. The fraction of sp³-hybridized carbons (Fsp3) is 0.0833. The van der Waals surface area contributed by atoms with E-state index in [9.17, 15) is 9.18 Å². The molecule has 3 aromatic rings. The molecule has 1 amide bonds. The van der Waals surface area contributed by atoms with E-state index in [4.69, 9.17) is 44.9 Å². The number of halogens is 4. The Kier molecular flexibility index (Phi) is 7.84. The molecule has 0 saturated carbocycles. The van der Waals surface area contributed by atoms with Gasteiger partial charge in [-0.05, 0) is 70.0 Å². The van der Waals surface area contributed by atoms with Gasteiger partial charge in [-0.15, -0.1) is 0 Å². The molecule has 0 bridgehead atoms. The summed E-state index contributed by atoms with van der Waals surface area (Å²) in [5, 5.41) is 1.04. The van der Waals surface area contributed by atoms with Gasteiger partial charge in [0.2, 0.25) is 0 Å². The second-order valence-corrected chi connectivity index (χ2v) is 10.4. The van der Waals surface area contributed by atoms with Crippen LogP contribution in [0.25, 0.3) is 6.08 Å². The maximum absolute atomic E-state index is 13.6. The van der Waals surface area contributed by atoms with Gasteiger partial charge in [0.25, 0.3) is 5.91 Å². The summed E-state index contributed by atoms with van der Waals surface area (Å²) in [4.78, 5) is 14.7. The Morgan fingerprint density at radius 2 is 1.97 bits per heavy atom. The quantitative estimate of drug-likeness (QED) is 0.213. The smallest absolute Gasteiger partial charge is 0.270 e. The van der Waals surface area contributed by atoms with Crippen LogP contribution in [0.5, 0.6) is 11.5 Å². The number of carbonyl (C=O) groups excluding carboxylic acids is 1. The minimum atomic E-state index is -0.445. The van der Waals surface area contributed by atoms with Crippen molar-refractivity contribution in [2.24, 2.45) is 0 Å². The average molecular weight is 599 g/mol. The van der Waals surface area contributed by atoms with Crippen molar-refractivity contribution in [3.63, 3.8) is 0 Å². The highest BCUT2D eigenvalue weighted by molar-refractivity contribution is 9.10. The topological polar surface area (TPSA) is 38.8 Å². The van der Waals surface area contributed by atoms with Crippen LogP contribution in [0.4, 0.5) is 10.1 Å². The molecule has 0 aliphatic carbocycles. The number of hydrogen-bond donors (Lipinski definition) is 0. The molecule has 4 nitrogen and oxygen atoms in total. The van der Waals surface area contributed by atoms with Crippen LogP contribution >= 0.6 is 63.1 Å².